The summed E-state index contributed by atoms with van der Waals surface area (Å²) in [6.45, 7) is 3.31. The van der Waals surface area contributed by atoms with Crippen molar-refractivity contribution in [1.29, 1.82) is 0 Å². The van der Waals surface area contributed by atoms with E-state index in [9.17, 15) is 22.8 Å². The van der Waals surface area contributed by atoms with E-state index in [4.69, 9.17) is 11.6 Å². The van der Waals surface area contributed by atoms with E-state index >= 15 is 0 Å². The van der Waals surface area contributed by atoms with Gasteiger partial charge in [0.25, 0.3) is 5.91 Å². The second-order valence-electron chi connectivity index (χ2n) is 6.11. The minimum atomic E-state index is -4.60. The molecule has 2 fully saturated rings. The van der Waals surface area contributed by atoms with E-state index < -0.39 is 34.2 Å². The Kier molecular flexibility index (Phi) is 4.45. The second-order valence-corrected chi connectivity index (χ2v) is 6.52. The summed E-state index contributed by atoms with van der Waals surface area (Å²) in [5, 5.41) is 2.61. The van der Waals surface area contributed by atoms with E-state index in [-0.39, 0.29) is 5.69 Å². The number of halogens is 4. The van der Waals surface area contributed by atoms with Crippen molar-refractivity contribution in [3.63, 3.8) is 0 Å². The van der Waals surface area contributed by atoms with Crippen molar-refractivity contribution in [3.8, 4) is 0 Å². The normalized spacial score (nSPS) is 20.7. The van der Waals surface area contributed by atoms with E-state index in [0.29, 0.717) is 32.5 Å². The number of piperidine rings is 1. The van der Waals surface area contributed by atoms with Crippen LogP contribution in [0.5, 0.6) is 0 Å². The molecule has 3 rings (SSSR count). The number of amides is 3. The molecular formula is C16H17ClF3N3O2. The third kappa shape index (κ3) is 2.77. The lowest BCUT2D eigenvalue weighted by atomic mass is 9.86. The Labute approximate surface area is 147 Å². The number of benzene rings is 1. The number of carbonyl (C=O) groups excluding carboxylic acids is 2. The zero-order valence-electron chi connectivity index (χ0n) is 13.5. The van der Waals surface area contributed by atoms with Crippen LogP contribution >= 0.6 is 11.6 Å². The molecule has 2 aliphatic heterocycles. The first-order valence-corrected chi connectivity index (χ1v) is 8.34. The predicted octanol–water partition coefficient (Wildman–Crippen LogP) is 3.27. The average molecular weight is 376 g/mol. The fourth-order valence-electron chi connectivity index (χ4n) is 3.58. The van der Waals surface area contributed by atoms with Gasteiger partial charge in [0, 0.05) is 6.54 Å². The third-order valence-electron chi connectivity index (χ3n) is 4.80. The van der Waals surface area contributed by atoms with Gasteiger partial charge in [0.15, 0.2) is 0 Å². The molecule has 2 heterocycles. The second kappa shape index (κ2) is 6.17. The van der Waals surface area contributed by atoms with Gasteiger partial charge in [-0.2, -0.15) is 13.2 Å². The van der Waals surface area contributed by atoms with Crippen LogP contribution in [0.3, 0.4) is 0 Å². The summed E-state index contributed by atoms with van der Waals surface area (Å²) < 4.78 is 38.6. The monoisotopic (exact) mass is 375 g/mol. The third-order valence-corrected chi connectivity index (χ3v) is 5.12. The number of anilines is 1. The number of carbonyl (C=O) groups is 2. The molecule has 1 aromatic rings. The van der Waals surface area contributed by atoms with Gasteiger partial charge < -0.3 is 10.2 Å². The fraction of sp³-hybridized carbons (Fsp3) is 0.500. The molecule has 0 aliphatic carbocycles. The van der Waals surface area contributed by atoms with Crippen molar-refractivity contribution in [2.75, 3.05) is 24.5 Å². The smallest absolute Gasteiger partial charge is 0.317 e. The zero-order valence-corrected chi connectivity index (χ0v) is 14.2. The number of hydrogen-bond donors (Lipinski definition) is 1. The Hall–Kier alpha value is -1.80. The van der Waals surface area contributed by atoms with Crippen LogP contribution in [0.25, 0.3) is 0 Å². The van der Waals surface area contributed by atoms with Crippen LogP contribution in [0.4, 0.5) is 23.7 Å². The summed E-state index contributed by atoms with van der Waals surface area (Å²) in [7, 11) is 0. The Bertz CT molecular complexity index is 717. The zero-order chi connectivity index (χ0) is 18.4. The van der Waals surface area contributed by atoms with E-state index in [2.05, 4.69) is 5.32 Å². The van der Waals surface area contributed by atoms with Gasteiger partial charge in [0.1, 0.15) is 5.54 Å². The standard InChI is InChI=1S/C16H17ClF3N3O2/c1-2-22-14(25)23(13(24)15(22)5-7-21-8-6-15)10-3-4-11(12(17)9-10)16(18,19)20/h3-4,9,21H,2,5-8H2,1H3. The Morgan fingerprint density at radius 3 is 2.40 bits per heavy atom. The minimum Gasteiger partial charge on any atom is -0.317 e. The molecule has 3 amide bonds. The number of nitrogens with one attached hydrogen (secondary N) is 1. The van der Waals surface area contributed by atoms with Crippen molar-refractivity contribution in [1.82, 2.24) is 10.2 Å². The number of imide groups is 1. The van der Waals surface area contributed by atoms with Gasteiger partial charge in [-0.3, -0.25) is 4.79 Å². The number of hydrogen-bond acceptors (Lipinski definition) is 3. The SMILES string of the molecule is CCN1C(=O)N(c2ccc(C(F)(F)F)c(Cl)c2)C(=O)C12CCNCC2. The number of likely N-dealkylation sites (N-methyl/N-ethyl adjacent to an activating group) is 1. The number of rotatable bonds is 2. The maximum absolute atomic E-state index is 13.0. The number of nitrogens with zero attached hydrogens (tertiary/aromatic N) is 2. The summed E-state index contributed by atoms with van der Waals surface area (Å²) in [6.07, 6.45) is -3.66. The molecule has 0 unspecified atom stereocenters. The van der Waals surface area contributed by atoms with Gasteiger partial charge in [-0.1, -0.05) is 11.6 Å². The number of urea groups is 1. The average Bonchev–Trinajstić information content (AvgIpc) is 2.74. The molecule has 0 bridgehead atoms. The molecule has 1 aromatic carbocycles. The lowest BCUT2D eigenvalue weighted by Crippen LogP contribution is -2.55. The first-order chi connectivity index (χ1) is 11.7. The molecule has 25 heavy (non-hydrogen) atoms. The Morgan fingerprint density at radius 2 is 1.88 bits per heavy atom. The maximum atomic E-state index is 13.0. The Morgan fingerprint density at radius 1 is 1.24 bits per heavy atom. The first kappa shape index (κ1) is 18.0. The molecule has 2 saturated heterocycles. The molecule has 2 aliphatic rings. The quantitative estimate of drug-likeness (QED) is 0.807. The van der Waals surface area contributed by atoms with E-state index in [1.807, 2.05) is 0 Å². The summed E-state index contributed by atoms with van der Waals surface area (Å²) in [6, 6.07) is 2.40. The highest BCUT2D eigenvalue weighted by Crippen LogP contribution is 2.41. The molecule has 0 radical (unpaired) electrons. The van der Waals surface area contributed by atoms with Crippen molar-refractivity contribution in [3.05, 3.63) is 28.8 Å². The van der Waals surface area contributed by atoms with Gasteiger partial charge in [0.2, 0.25) is 0 Å². The summed E-state index contributed by atoms with van der Waals surface area (Å²) in [5.41, 5.74) is -1.88. The van der Waals surface area contributed by atoms with Crippen LogP contribution in [0.15, 0.2) is 18.2 Å². The van der Waals surface area contributed by atoms with Gasteiger partial charge in [-0.15, -0.1) is 0 Å². The van der Waals surface area contributed by atoms with Crippen LogP contribution in [0.1, 0.15) is 25.3 Å². The van der Waals surface area contributed by atoms with Gasteiger partial charge in [-0.05, 0) is 51.1 Å². The highest BCUT2D eigenvalue weighted by atomic mass is 35.5. The van der Waals surface area contributed by atoms with Crippen molar-refractivity contribution >= 4 is 29.2 Å². The van der Waals surface area contributed by atoms with Gasteiger partial charge in [0.05, 0.1) is 16.3 Å². The molecule has 9 heteroatoms. The molecule has 0 saturated carbocycles. The fourth-order valence-corrected chi connectivity index (χ4v) is 3.86. The Balaban J connectivity index is 2.01. The molecule has 1 spiro atoms. The van der Waals surface area contributed by atoms with E-state index in [0.717, 1.165) is 23.1 Å². The molecule has 0 atom stereocenters. The molecule has 136 valence electrons. The van der Waals surface area contributed by atoms with E-state index in [1.165, 1.54) is 4.90 Å². The van der Waals surface area contributed by atoms with Crippen LogP contribution in [-0.4, -0.2) is 42.0 Å². The predicted molar refractivity (Wildman–Crippen MR) is 86.6 cm³/mol. The number of alkyl halides is 3. The van der Waals surface area contributed by atoms with Crippen LogP contribution in [0, 0.1) is 0 Å². The first-order valence-electron chi connectivity index (χ1n) is 7.96. The van der Waals surface area contributed by atoms with Crippen LogP contribution < -0.4 is 10.2 Å². The van der Waals surface area contributed by atoms with E-state index in [1.54, 1.807) is 6.92 Å². The topological polar surface area (TPSA) is 52.7 Å². The highest BCUT2D eigenvalue weighted by Gasteiger charge is 2.57. The van der Waals surface area contributed by atoms with Gasteiger partial charge >= 0.3 is 12.2 Å². The van der Waals surface area contributed by atoms with Crippen molar-refractivity contribution in [2.24, 2.45) is 0 Å². The van der Waals surface area contributed by atoms with Crippen LogP contribution in [0.2, 0.25) is 5.02 Å². The highest BCUT2D eigenvalue weighted by molar-refractivity contribution is 6.32. The molecular weight excluding hydrogens is 359 g/mol. The minimum absolute atomic E-state index is 0.0573. The molecule has 5 nitrogen and oxygen atoms in total. The summed E-state index contributed by atoms with van der Waals surface area (Å²) in [5.74, 6) is -0.406. The lowest BCUT2D eigenvalue weighted by Gasteiger charge is -2.37. The summed E-state index contributed by atoms with van der Waals surface area (Å²) >= 11 is 5.74. The largest absolute Gasteiger partial charge is 0.417 e. The lowest BCUT2D eigenvalue weighted by molar-refractivity contribution is -0.137. The van der Waals surface area contributed by atoms with Crippen molar-refractivity contribution < 1.29 is 22.8 Å². The summed E-state index contributed by atoms with van der Waals surface area (Å²) in [4.78, 5) is 28.2. The molecule has 1 N–H and O–H groups in total. The van der Waals surface area contributed by atoms with Gasteiger partial charge in [-0.25, -0.2) is 9.69 Å². The maximum Gasteiger partial charge on any atom is 0.417 e. The van der Waals surface area contributed by atoms with Crippen molar-refractivity contribution in [2.45, 2.75) is 31.5 Å². The van der Waals surface area contributed by atoms with Crippen LogP contribution in [-0.2, 0) is 11.0 Å². The molecule has 0 aromatic heterocycles.